The van der Waals surface area contributed by atoms with E-state index in [2.05, 4.69) is 15.5 Å². The number of nitrogens with zero attached hydrogens (tertiary/aromatic N) is 5. The van der Waals surface area contributed by atoms with Crippen molar-refractivity contribution in [3.63, 3.8) is 0 Å². The highest BCUT2D eigenvalue weighted by atomic mass is 35.5. The van der Waals surface area contributed by atoms with Crippen LogP contribution in [-0.4, -0.2) is 89.6 Å². The van der Waals surface area contributed by atoms with Crippen LogP contribution in [0.1, 0.15) is 5.56 Å². The third-order valence-electron chi connectivity index (χ3n) is 6.36. The van der Waals surface area contributed by atoms with E-state index in [1.165, 1.54) is 11.9 Å². The van der Waals surface area contributed by atoms with Crippen molar-refractivity contribution < 1.29 is 9.59 Å². The van der Waals surface area contributed by atoms with Gasteiger partial charge in [0.1, 0.15) is 12.2 Å². The minimum atomic E-state index is -0.483. The van der Waals surface area contributed by atoms with Crippen LogP contribution in [0.25, 0.3) is 0 Å². The van der Waals surface area contributed by atoms with Crippen LogP contribution < -0.4 is 10.6 Å². The maximum Gasteiger partial charge on any atom is 0.327 e. The Balaban J connectivity index is 1.41. The van der Waals surface area contributed by atoms with Crippen molar-refractivity contribution in [2.45, 2.75) is 18.5 Å². The molecule has 2 saturated heterocycles. The molecule has 2 fully saturated rings. The van der Waals surface area contributed by atoms with Gasteiger partial charge >= 0.3 is 6.03 Å². The molecule has 3 amide bonds. The number of carbonyl (C=O) groups is 2. The van der Waals surface area contributed by atoms with Crippen LogP contribution >= 0.6 is 11.6 Å². The van der Waals surface area contributed by atoms with Crippen LogP contribution in [0.5, 0.6) is 0 Å². The highest BCUT2D eigenvalue weighted by Crippen LogP contribution is 2.30. The molecule has 10 heteroatoms. The van der Waals surface area contributed by atoms with Crippen molar-refractivity contribution in [1.29, 1.82) is 0 Å². The molecule has 172 valence electrons. The first-order valence-corrected chi connectivity index (χ1v) is 11.3. The Labute approximate surface area is 197 Å². The predicted octanol–water partition coefficient (Wildman–Crippen LogP) is 1.88. The predicted molar refractivity (Wildman–Crippen MR) is 127 cm³/mol. The van der Waals surface area contributed by atoms with Gasteiger partial charge in [-0.3, -0.25) is 20.0 Å². The van der Waals surface area contributed by atoms with E-state index < -0.39 is 12.2 Å². The molecule has 5 rings (SSSR count). The molecule has 2 N–H and O–H groups in total. The van der Waals surface area contributed by atoms with E-state index in [1.807, 2.05) is 59.6 Å². The number of rotatable bonds is 5. The van der Waals surface area contributed by atoms with E-state index in [-0.39, 0.29) is 18.2 Å². The molecule has 3 atom stereocenters. The number of anilines is 1. The van der Waals surface area contributed by atoms with Crippen molar-refractivity contribution in [2.24, 2.45) is 5.10 Å². The van der Waals surface area contributed by atoms with Crippen LogP contribution in [0.15, 0.2) is 59.7 Å². The van der Waals surface area contributed by atoms with E-state index >= 15 is 0 Å². The fraction of sp³-hybridized carbons (Fsp3) is 0.348. The molecule has 0 aromatic heterocycles. The minimum absolute atomic E-state index is 0.202. The van der Waals surface area contributed by atoms with Gasteiger partial charge in [-0.05, 0) is 29.8 Å². The van der Waals surface area contributed by atoms with Gasteiger partial charge in [0.2, 0.25) is 0 Å². The Kier molecular flexibility index (Phi) is 5.69. The van der Waals surface area contributed by atoms with Gasteiger partial charge in [0.15, 0.2) is 6.29 Å². The summed E-state index contributed by atoms with van der Waals surface area (Å²) < 4.78 is 0. The summed E-state index contributed by atoms with van der Waals surface area (Å²) in [7, 11) is 3.26. The van der Waals surface area contributed by atoms with Crippen molar-refractivity contribution in [2.75, 3.05) is 39.0 Å². The van der Waals surface area contributed by atoms with Crippen LogP contribution in [0.4, 0.5) is 10.5 Å². The normalized spacial score (nSPS) is 25.1. The highest BCUT2D eigenvalue weighted by Gasteiger charge is 2.55. The minimum Gasteiger partial charge on any atom is -0.383 e. The maximum absolute atomic E-state index is 13.1. The Morgan fingerprint density at radius 1 is 1.09 bits per heavy atom. The molecule has 0 spiro atoms. The zero-order valence-corrected chi connectivity index (χ0v) is 19.2. The average Bonchev–Trinajstić information content (AvgIpc) is 3.23. The van der Waals surface area contributed by atoms with E-state index in [0.717, 1.165) is 17.0 Å². The number of urea groups is 1. The summed E-state index contributed by atoms with van der Waals surface area (Å²) in [6.07, 6.45) is -0.714. The number of hydrogen-bond acceptors (Lipinski definition) is 7. The molecular weight excluding hydrogens is 442 g/mol. The number of fused-ring (bicyclic) bond motifs is 3. The van der Waals surface area contributed by atoms with Gasteiger partial charge in [0.05, 0.1) is 12.3 Å². The molecule has 0 saturated carbocycles. The number of carbonyl (C=O) groups excluding carboxylic acids is 2. The largest absolute Gasteiger partial charge is 0.383 e. The summed E-state index contributed by atoms with van der Waals surface area (Å²) in [6.45, 7) is 1.73. The number of hydrogen-bond donors (Lipinski definition) is 2. The van der Waals surface area contributed by atoms with E-state index in [0.29, 0.717) is 24.7 Å². The molecule has 9 nitrogen and oxygen atoms in total. The van der Waals surface area contributed by atoms with E-state index in [9.17, 15) is 9.59 Å². The van der Waals surface area contributed by atoms with Crippen LogP contribution in [0.2, 0.25) is 5.02 Å². The molecule has 33 heavy (non-hydrogen) atoms. The number of likely N-dealkylation sites (N-methyl/N-ethyl adjacent to an activating group) is 2. The molecule has 3 aliphatic rings. The number of nitrogens with one attached hydrogen (secondary N) is 2. The van der Waals surface area contributed by atoms with Gasteiger partial charge in [0.25, 0.3) is 5.91 Å². The summed E-state index contributed by atoms with van der Waals surface area (Å²) in [5.41, 5.74) is 2.86. The van der Waals surface area contributed by atoms with Crippen molar-refractivity contribution >= 4 is 34.9 Å². The summed E-state index contributed by atoms with van der Waals surface area (Å²) in [4.78, 5) is 30.5. The zero-order valence-electron chi connectivity index (χ0n) is 18.5. The Morgan fingerprint density at radius 2 is 1.82 bits per heavy atom. The Hall–Kier alpha value is -3.14. The van der Waals surface area contributed by atoms with Gasteiger partial charge in [-0.1, -0.05) is 41.9 Å². The monoisotopic (exact) mass is 467 g/mol. The van der Waals surface area contributed by atoms with Crippen LogP contribution in [0, 0.1) is 0 Å². The summed E-state index contributed by atoms with van der Waals surface area (Å²) in [5.74, 6) is -0.202. The summed E-state index contributed by atoms with van der Waals surface area (Å²) >= 11 is 5.98. The number of amides is 3. The third-order valence-corrected chi connectivity index (χ3v) is 6.62. The molecule has 0 aliphatic carbocycles. The lowest BCUT2D eigenvalue weighted by atomic mass is 10.1. The molecular formula is C23H26ClN7O2. The Morgan fingerprint density at radius 3 is 2.55 bits per heavy atom. The smallest absolute Gasteiger partial charge is 0.327 e. The maximum atomic E-state index is 13.1. The lowest BCUT2D eigenvalue weighted by Gasteiger charge is -2.41. The van der Waals surface area contributed by atoms with Crippen LogP contribution in [-0.2, 0) is 4.79 Å². The number of halogens is 1. The van der Waals surface area contributed by atoms with E-state index in [4.69, 9.17) is 16.7 Å². The van der Waals surface area contributed by atoms with Gasteiger partial charge in [0, 0.05) is 37.9 Å². The van der Waals surface area contributed by atoms with Gasteiger partial charge < -0.3 is 10.2 Å². The summed E-state index contributed by atoms with van der Waals surface area (Å²) in [6, 6.07) is 16.7. The van der Waals surface area contributed by atoms with Crippen molar-refractivity contribution in [3.05, 3.63) is 65.2 Å². The van der Waals surface area contributed by atoms with Gasteiger partial charge in [-0.25, -0.2) is 9.69 Å². The quantitative estimate of drug-likeness (QED) is 0.698. The molecule has 0 bridgehead atoms. The molecule has 3 aliphatic heterocycles. The first kappa shape index (κ1) is 21.7. The van der Waals surface area contributed by atoms with E-state index in [1.54, 1.807) is 11.9 Å². The SMILES string of the molecule is CN1C(=O)C2C(NC3N(CCNc4ccc(Cl)cc4)N=C(c4ccccc4)CN23)N(C)C1=O. The van der Waals surface area contributed by atoms with Gasteiger partial charge in [-0.2, -0.15) is 5.10 Å². The first-order chi connectivity index (χ1) is 15.9. The second kappa shape index (κ2) is 8.66. The fourth-order valence-electron chi connectivity index (χ4n) is 4.61. The number of benzene rings is 2. The molecule has 0 radical (unpaired) electrons. The van der Waals surface area contributed by atoms with Crippen LogP contribution in [0.3, 0.4) is 0 Å². The third kappa shape index (κ3) is 3.92. The second-order valence-electron chi connectivity index (χ2n) is 8.40. The molecule has 3 heterocycles. The topological polar surface area (TPSA) is 83.5 Å². The van der Waals surface area contributed by atoms with Crippen molar-refractivity contribution in [1.82, 2.24) is 25.0 Å². The average molecular weight is 468 g/mol. The molecule has 2 aromatic carbocycles. The number of imide groups is 1. The lowest BCUT2D eigenvalue weighted by molar-refractivity contribution is -0.137. The van der Waals surface area contributed by atoms with Crippen molar-refractivity contribution in [3.8, 4) is 0 Å². The fourth-order valence-corrected chi connectivity index (χ4v) is 4.74. The first-order valence-electron chi connectivity index (χ1n) is 10.9. The van der Waals surface area contributed by atoms with Gasteiger partial charge in [-0.15, -0.1) is 0 Å². The molecule has 3 unspecified atom stereocenters. The lowest BCUT2D eigenvalue weighted by Crippen LogP contribution is -2.65. The zero-order chi connectivity index (χ0) is 23.1. The second-order valence-corrected chi connectivity index (χ2v) is 8.84. The summed E-state index contributed by atoms with van der Waals surface area (Å²) in [5, 5.41) is 14.4. The Bertz CT molecular complexity index is 1080. The highest BCUT2D eigenvalue weighted by molar-refractivity contribution is 6.30. The molecule has 2 aromatic rings. The number of hydrazone groups is 1. The standard InChI is InChI=1S/C23H26ClN7O2/c1-28-20-19(21(32)29(2)23(28)33)30-14-18(15-6-4-3-5-7-15)27-31(22(30)26-20)13-12-25-17-10-8-16(24)9-11-17/h3-11,19-20,22,25-26H,12-14H2,1-2H3.